The van der Waals surface area contributed by atoms with Crippen molar-refractivity contribution in [1.82, 2.24) is 19.9 Å². The van der Waals surface area contributed by atoms with Crippen LogP contribution in [0.2, 0.25) is 0 Å². The lowest BCUT2D eigenvalue weighted by Gasteiger charge is -2.26. The first-order valence-electron chi connectivity index (χ1n) is 8.26. The van der Waals surface area contributed by atoms with Gasteiger partial charge in [0.2, 0.25) is 11.9 Å². The fraction of sp³-hybridized carbons (Fsp3) is 0.529. The zero-order valence-electron chi connectivity index (χ0n) is 14.6. The van der Waals surface area contributed by atoms with Gasteiger partial charge in [-0.3, -0.25) is 4.79 Å². The molecule has 1 aliphatic heterocycles. The first-order valence-corrected chi connectivity index (χ1v) is 9.08. The Morgan fingerprint density at radius 1 is 1.29 bits per heavy atom. The summed E-state index contributed by atoms with van der Waals surface area (Å²) >= 11 is 1.59. The first-order chi connectivity index (χ1) is 11.4. The minimum absolute atomic E-state index is 0.233. The molecule has 1 N–H and O–H groups in total. The van der Waals surface area contributed by atoms with E-state index in [1.165, 1.54) is 0 Å². The highest BCUT2D eigenvalue weighted by Gasteiger charge is 2.24. The number of hydrogen-bond acceptors (Lipinski definition) is 6. The molecular weight excluding hydrogens is 322 g/mol. The smallest absolute Gasteiger partial charge is 0.229 e. The van der Waals surface area contributed by atoms with E-state index in [9.17, 15) is 4.79 Å². The van der Waals surface area contributed by atoms with E-state index >= 15 is 0 Å². The number of fused-ring (bicyclic) bond motifs is 1. The summed E-state index contributed by atoms with van der Waals surface area (Å²) in [6.45, 7) is 9.46. The second-order valence-corrected chi connectivity index (χ2v) is 7.74. The van der Waals surface area contributed by atoms with E-state index in [0.29, 0.717) is 24.8 Å². The summed E-state index contributed by atoms with van der Waals surface area (Å²) in [6, 6.07) is 1.94. The largest absolute Gasteiger partial charge is 0.337 e. The lowest BCUT2D eigenvalue weighted by atomic mass is 10.1. The van der Waals surface area contributed by atoms with Crippen LogP contribution in [0.15, 0.2) is 6.07 Å². The molecule has 0 spiro atoms. The SMILES string of the molecule is Cc1cc(C)nc(Nc2nc3c(s2)CN(C(=O)CC(C)C)CC3)n1. The minimum Gasteiger partial charge on any atom is -0.337 e. The molecule has 6 nitrogen and oxygen atoms in total. The van der Waals surface area contributed by atoms with Crippen LogP contribution >= 0.6 is 11.3 Å². The van der Waals surface area contributed by atoms with Crippen molar-refractivity contribution in [3.05, 3.63) is 28.0 Å². The van der Waals surface area contributed by atoms with E-state index in [4.69, 9.17) is 0 Å². The van der Waals surface area contributed by atoms with Gasteiger partial charge < -0.3 is 10.2 Å². The molecule has 2 aromatic rings. The summed E-state index contributed by atoms with van der Waals surface area (Å²) < 4.78 is 0. The molecule has 0 saturated carbocycles. The maximum absolute atomic E-state index is 12.3. The van der Waals surface area contributed by atoms with Gasteiger partial charge in [0.15, 0.2) is 5.13 Å². The quantitative estimate of drug-likeness (QED) is 0.921. The molecule has 0 radical (unpaired) electrons. The summed E-state index contributed by atoms with van der Waals surface area (Å²) in [6.07, 6.45) is 1.42. The van der Waals surface area contributed by atoms with Crippen molar-refractivity contribution in [3.8, 4) is 0 Å². The van der Waals surface area contributed by atoms with Crippen LogP contribution in [-0.4, -0.2) is 32.3 Å². The monoisotopic (exact) mass is 345 g/mol. The third kappa shape index (κ3) is 3.90. The topological polar surface area (TPSA) is 71.0 Å². The second-order valence-electron chi connectivity index (χ2n) is 6.65. The molecule has 0 unspecified atom stereocenters. The number of anilines is 2. The fourth-order valence-electron chi connectivity index (χ4n) is 2.82. The van der Waals surface area contributed by atoms with Gasteiger partial charge in [0.05, 0.1) is 12.2 Å². The van der Waals surface area contributed by atoms with Crippen molar-refractivity contribution in [1.29, 1.82) is 0 Å². The Kier molecular flexibility index (Phi) is 4.80. The van der Waals surface area contributed by atoms with Gasteiger partial charge >= 0.3 is 0 Å². The van der Waals surface area contributed by atoms with Gasteiger partial charge in [0, 0.05) is 35.7 Å². The van der Waals surface area contributed by atoms with Crippen LogP contribution in [0.5, 0.6) is 0 Å². The van der Waals surface area contributed by atoms with E-state index in [1.54, 1.807) is 11.3 Å². The Labute approximate surface area is 146 Å². The summed E-state index contributed by atoms with van der Waals surface area (Å²) in [7, 11) is 0. The molecule has 3 heterocycles. The standard InChI is InChI=1S/C17H23N5OS/c1-10(2)7-15(23)22-6-5-13-14(9-22)24-17(20-13)21-16-18-11(3)8-12(4)19-16/h8,10H,5-7,9H2,1-4H3,(H,18,19,20,21). The molecule has 2 aromatic heterocycles. The fourth-order valence-corrected chi connectivity index (χ4v) is 3.84. The molecule has 1 aliphatic rings. The van der Waals surface area contributed by atoms with E-state index in [2.05, 4.69) is 34.1 Å². The number of nitrogens with zero attached hydrogens (tertiary/aromatic N) is 4. The van der Waals surface area contributed by atoms with Crippen molar-refractivity contribution in [2.45, 2.75) is 47.1 Å². The molecule has 0 bridgehead atoms. The molecule has 128 valence electrons. The maximum atomic E-state index is 12.3. The van der Waals surface area contributed by atoms with Crippen molar-refractivity contribution >= 4 is 28.3 Å². The highest BCUT2D eigenvalue weighted by molar-refractivity contribution is 7.15. The number of carbonyl (C=O) groups is 1. The number of aromatic nitrogens is 3. The number of aryl methyl sites for hydroxylation is 2. The molecule has 0 fully saturated rings. The second kappa shape index (κ2) is 6.84. The van der Waals surface area contributed by atoms with Gasteiger partial charge in [-0.2, -0.15) is 0 Å². The molecule has 7 heteroatoms. The lowest BCUT2D eigenvalue weighted by Crippen LogP contribution is -2.36. The summed E-state index contributed by atoms with van der Waals surface area (Å²) in [5.41, 5.74) is 2.94. The third-order valence-electron chi connectivity index (χ3n) is 3.87. The number of hydrogen-bond donors (Lipinski definition) is 1. The predicted octanol–water partition coefficient (Wildman–Crippen LogP) is 3.22. The van der Waals surface area contributed by atoms with Crippen molar-refractivity contribution in [2.24, 2.45) is 5.92 Å². The van der Waals surface area contributed by atoms with Crippen LogP contribution < -0.4 is 5.32 Å². The average Bonchev–Trinajstić information content (AvgIpc) is 2.86. The first kappa shape index (κ1) is 16.8. The van der Waals surface area contributed by atoms with E-state index in [1.807, 2.05) is 24.8 Å². The van der Waals surface area contributed by atoms with Crippen LogP contribution in [-0.2, 0) is 17.8 Å². The van der Waals surface area contributed by atoms with Crippen LogP contribution in [0.1, 0.15) is 42.2 Å². The number of nitrogens with one attached hydrogen (secondary N) is 1. The number of thiazole rings is 1. The van der Waals surface area contributed by atoms with Crippen LogP contribution in [0.4, 0.5) is 11.1 Å². The Morgan fingerprint density at radius 3 is 2.67 bits per heavy atom. The predicted molar refractivity (Wildman–Crippen MR) is 95.5 cm³/mol. The molecule has 0 saturated heterocycles. The Balaban J connectivity index is 1.72. The minimum atomic E-state index is 0.233. The van der Waals surface area contributed by atoms with Gasteiger partial charge in [-0.25, -0.2) is 15.0 Å². The van der Waals surface area contributed by atoms with Gasteiger partial charge in [-0.15, -0.1) is 0 Å². The van der Waals surface area contributed by atoms with Gasteiger partial charge in [-0.1, -0.05) is 25.2 Å². The van der Waals surface area contributed by atoms with Crippen LogP contribution in [0, 0.1) is 19.8 Å². The highest BCUT2D eigenvalue weighted by Crippen LogP contribution is 2.30. The van der Waals surface area contributed by atoms with Gasteiger partial charge in [-0.05, 0) is 25.8 Å². The van der Waals surface area contributed by atoms with Gasteiger partial charge in [0.1, 0.15) is 0 Å². The molecule has 24 heavy (non-hydrogen) atoms. The normalized spacial score (nSPS) is 14.0. The molecule has 0 atom stereocenters. The Bertz CT molecular complexity index is 735. The van der Waals surface area contributed by atoms with Crippen LogP contribution in [0.3, 0.4) is 0 Å². The molecule has 0 aromatic carbocycles. The number of carbonyl (C=O) groups excluding carboxylic acids is 1. The van der Waals surface area contributed by atoms with E-state index in [0.717, 1.165) is 40.1 Å². The zero-order valence-corrected chi connectivity index (χ0v) is 15.4. The van der Waals surface area contributed by atoms with Crippen LogP contribution in [0.25, 0.3) is 0 Å². The Hall–Kier alpha value is -2.02. The van der Waals surface area contributed by atoms with Gasteiger partial charge in [0.25, 0.3) is 0 Å². The van der Waals surface area contributed by atoms with Crippen molar-refractivity contribution < 1.29 is 4.79 Å². The number of amides is 1. The zero-order chi connectivity index (χ0) is 17.3. The molecule has 0 aliphatic carbocycles. The van der Waals surface area contributed by atoms with E-state index in [-0.39, 0.29) is 5.91 Å². The summed E-state index contributed by atoms with van der Waals surface area (Å²) in [4.78, 5) is 28.8. The average molecular weight is 345 g/mol. The summed E-state index contributed by atoms with van der Waals surface area (Å²) in [5.74, 6) is 1.20. The molecule has 1 amide bonds. The highest BCUT2D eigenvalue weighted by atomic mass is 32.1. The summed E-state index contributed by atoms with van der Waals surface area (Å²) in [5, 5.41) is 4.00. The molecule has 3 rings (SSSR count). The third-order valence-corrected chi connectivity index (χ3v) is 4.87. The van der Waals surface area contributed by atoms with E-state index < -0.39 is 0 Å². The number of rotatable bonds is 4. The maximum Gasteiger partial charge on any atom is 0.229 e. The lowest BCUT2D eigenvalue weighted by molar-refractivity contribution is -0.132. The molecular formula is C17H23N5OS. The Morgan fingerprint density at radius 2 is 2.00 bits per heavy atom. The van der Waals surface area contributed by atoms with Crippen molar-refractivity contribution in [2.75, 3.05) is 11.9 Å². The van der Waals surface area contributed by atoms with Crippen molar-refractivity contribution in [3.63, 3.8) is 0 Å².